The number of fused-ring (bicyclic) bond motifs is 1. The summed E-state index contributed by atoms with van der Waals surface area (Å²) in [5, 5.41) is 1.24. The van der Waals surface area contributed by atoms with Crippen LogP contribution in [0.15, 0.2) is 36.5 Å². The smallest absolute Gasteiger partial charge is 0.0746 e. The van der Waals surface area contributed by atoms with Crippen molar-refractivity contribution in [3.8, 4) is 0 Å². The first-order chi connectivity index (χ1) is 9.88. The van der Waals surface area contributed by atoms with E-state index < -0.39 is 0 Å². The topological polar surface area (TPSA) is 16.1 Å². The summed E-state index contributed by atoms with van der Waals surface area (Å²) >= 11 is 5.84. The first-order valence-corrected chi connectivity index (χ1v) is 8.04. The highest BCUT2D eigenvalue weighted by atomic mass is 35.5. The minimum atomic E-state index is 0.702. The second-order valence-electron chi connectivity index (χ2n) is 5.59. The van der Waals surface area contributed by atoms with Crippen LogP contribution >= 0.6 is 11.6 Å². The van der Waals surface area contributed by atoms with Crippen molar-refractivity contribution in [2.24, 2.45) is 0 Å². The van der Waals surface area contributed by atoms with E-state index in [0.29, 0.717) is 6.04 Å². The third-order valence-electron chi connectivity index (χ3n) is 4.26. The number of pyridine rings is 1. The minimum Gasteiger partial charge on any atom is -0.296 e. The first-order valence-electron chi connectivity index (χ1n) is 7.51. The van der Waals surface area contributed by atoms with E-state index in [0.717, 1.165) is 24.4 Å². The predicted octanol–water partition coefficient (Wildman–Crippen LogP) is 4.22. The fourth-order valence-corrected chi connectivity index (χ4v) is 3.41. The summed E-state index contributed by atoms with van der Waals surface area (Å²) in [5.74, 6) is 0.778. The number of benzene rings is 1. The molecule has 1 aromatic carbocycles. The van der Waals surface area contributed by atoms with Gasteiger partial charge >= 0.3 is 0 Å². The SMILES string of the molecule is ClCCCC1CCCN1Cc1cccc2cccnc12. The van der Waals surface area contributed by atoms with Crippen LogP contribution in [-0.4, -0.2) is 28.4 Å². The maximum atomic E-state index is 5.84. The molecule has 1 aromatic heterocycles. The molecule has 0 N–H and O–H groups in total. The molecule has 1 aliphatic heterocycles. The predicted molar refractivity (Wildman–Crippen MR) is 85.1 cm³/mol. The fraction of sp³-hybridized carbons (Fsp3) is 0.471. The quantitative estimate of drug-likeness (QED) is 0.766. The average Bonchev–Trinajstić information content (AvgIpc) is 2.93. The molecule has 0 bridgehead atoms. The Balaban J connectivity index is 1.78. The van der Waals surface area contributed by atoms with Crippen LogP contribution < -0.4 is 0 Å². The number of halogens is 1. The van der Waals surface area contributed by atoms with Gasteiger partial charge in [-0.25, -0.2) is 0 Å². The van der Waals surface area contributed by atoms with Gasteiger partial charge in [0.25, 0.3) is 0 Å². The van der Waals surface area contributed by atoms with Crippen LogP contribution in [0.1, 0.15) is 31.2 Å². The van der Waals surface area contributed by atoms with Gasteiger partial charge in [-0.3, -0.25) is 9.88 Å². The zero-order valence-corrected chi connectivity index (χ0v) is 12.5. The molecule has 1 saturated heterocycles. The van der Waals surface area contributed by atoms with Gasteiger partial charge in [-0.15, -0.1) is 11.6 Å². The highest BCUT2D eigenvalue weighted by Crippen LogP contribution is 2.26. The standard InChI is InChI=1S/C17H21ClN2/c18-10-2-8-16-9-4-12-20(16)13-15-6-1-5-14-7-3-11-19-17(14)15/h1,3,5-7,11,16H,2,4,8-10,12-13H2. The molecule has 1 unspecified atom stereocenters. The van der Waals surface area contributed by atoms with Gasteiger partial charge in [0.2, 0.25) is 0 Å². The van der Waals surface area contributed by atoms with Gasteiger partial charge in [0, 0.05) is 30.0 Å². The number of likely N-dealkylation sites (tertiary alicyclic amines) is 1. The van der Waals surface area contributed by atoms with Crippen LogP contribution in [0.4, 0.5) is 0 Å². The van der Waals surface area contributed by atoms with Crippen LogP contribution in [0.2, 0.25) is 0 Å². The normalized spacial score (nSPS) is 19.8. The number of hydrogen-bond donors (Lipinski definition) is 0. The highest BCUT2D eigenvalue weighted by molar-refractivity contribution is 6.17. The van der Waals surface area contributed by atoms with Crippen LogP contribution in [0, 0.1) is 0 Å². The van der Waals surface area contributed by atoms with E-state index >= 15 is 0 Å². The van der Waals surface area contributed by atoms with Crippen LogP contribution in [-0.2, 0) is 6.54 Å². The molecule has 1 fully saturated rings. The molecule has 1 atom stereocenters. The van der Waals surface area contributed by atoms with Crippen LogP contribution in [0.25, 0.3) is 10.9 Å². The first kappa shape index (κ1) is 13.8. The van der Waals surface area contributed by atoms with Crippen molar-refractivity contribution in [1.82, 2.24) is 9.88 Å². The van der Waals surface area contributed by atoms with Gasteiger partial charge in [-0.1, -0.05) is 24.3 Å². The molecule has 0 amide bonds. The molecule has 0 aliphatic carbocycles. The molecule has 20 heavy (non-hydrogen) atoms. The third-order valence-corrected chi connectivity index (χ3v) is 4.53. The summed E-state index contributed by atoms with van der Waals surface area (Å²) in [4.78, 5) is 7.17. The van der Waals surface area contributed by atoms with Crippen molar-refractivity contribution >= 4 is 22.5 Å². The second kappa shape index (κ2) is 6.55. The van der Waals surface area contributed by atoms with E-state index in [-0.39, 0.29) is 0 Å². The molecule has 0 spiro atoms. The number of rotatable bonds is 5. The van der Waals surface area contributed by atoms with Gasteiger partial charge in [-0.05, 0) is 43.9 Å². The lowest BCUT2D eigenvalue weighted by molar-refractivity contribution is 0.234. The summed E-state index contributed by atoms with van der Waals surface area (Å²) in [7, 11) is 0. The molecule has 2 nitrogen and oxygen atoms in total. The van der Waals surface area contributed by atoms with E-state index in [1.807, 2.05) is 12.3 Å². The number of nitrogens with zero attached hydrogens (tertiary/aromatic N) is 2. The van der Waals surface area contributed by atoms with Gasteiger partial charge in [0.1, 0.15) is 0 Å². The van der Waals surface area contributed by atoms with Crippen molar-refractivity contribution < 1.29 is 0 Å². The van der Waals surface area contributed by atoms with Crippen LogP contribution in [0.5, 0.6) is 0 Å². The van der Waals surface area contributed by atoms with Gasteiger partial charge in [0.05, 0.1) is 5.52 Å². The van der Waals surface area contributed by atoms with Crippen molar-refractivity contribution in [3.63, 3.8) is 0 Å². The van der Waals surface area contributed by atoms with E-state index in [4.69, 9.17) is 11.6 Å². The zero-order chi connectivity index (χ0) is 13.8. The number of hydrogen-bond acceptors (Lipinski definition) is 2. The Hall–Kier alpha value is -1.12. The molecular formula is C17H21ClN2. The average molecular weight is 289 g/mol. The molecule has 106 valence electrons. The Morgan fingerprint density at radius 2 is 2.15 bits per heavy atom. The van der Waals surface area contributed by atoms with Crippen LogP contribution in [0.3, 0.4) is 0 Å². The van der Waals surface area contributed by atoms with Crippen molar-refractivity contribution in [2.75, 3.05) is 12.4 Å². The molecule has 2 heterocycles. The molecule has 0 radical (unpaired) electrons. The lowest BCUT2D eigenvalue weighted by Crippen LogP contribution is -2.29. The molecule has 0 saturated carbocycles. The number of alkyl halides is 1. The van der Waals surface area contributed by atoms with Gasteiger partial charge < -0.3 is 0 Å². The van der Waals surface area contributed by atoms with E-state index in [2.05, 4.69) is 34.1 Å². The van der Waals surface area contributed by atoms with E-state index in [1.54, 1.807) is 0 Å². The van der Waals surface area contributed by atoms with E-state index in [1.165, 1.54) is 36.8 Å². The Labute approximate surface area is 125 Å². The summed E-state index contributed by atoms with van der Waals surface area (Å²) in [6.07, 6.45) is 6.86. The minimum absolute atomic E-state index is 0.702. The lowest BCUT2D eigenvalue weighted by atomic mass is 10.1. The Morgan fingerprint density at radius 3 is 3.05 bits per heavy atom. The van der Waals surface area contributed by atoms with Crippen molar-refractivity contribution in [2.45, 2.75) is 38.3 Å². The third kappa shape index (κ3) is 2.97. The second-order valence-corrected chi connectivity index (χ2v) is 5.97. The largest absolute Gasteiger partial charge is 0.296 e. The zero-order valence-electron chi connectivity index (χ0n) is 11.8. The summed E-state index contributed by atoms with van der Waals surface area (Å²) in [5.41, 5.74) is 2.50. The maximum Gasteiger partial charge on any atom is 0.0746 e. The van der Waals surface area contributed by atoms with Gasteiger partial charge in [-0.2, -0.15) is 0 Å². The van der Waals surface area contributed by atoms with E-state index in [9.17, 15) is 0 Å². The monoisotopic (exact) mass is 288 g/mol. The van der Waals surface area contributed by atoms with Gasteiger partial charge in [0.15, 0.2) is 0 Å². The van der Waals surface area contributed by atoms with Crippen molar-refractivity contribution in [3.05, 3.63) is 42.1 Å². The fourth-order valence-electron chi connectivity index (χ4n) is 3.26. The molecule has 3 heteroatoms. The Kier molecular flexibility index (Phi) is 4.54. The highest BCUT2D eigenvalue weighted by Gasteiger charge is 2.24. The maximum absolute atomic E-state index is 5.84. The molecular weight excluding hydrogens is 268 g/mol. The Morgan fingerprint density at radius 1 is 1.25 bits per heavy atom. The summed E-state index contributed by atoms with van der Waals surface area (Å²) in [6, 6.07) is 11.3. The number of aromatic nitrogens is 1. The lowest BCUT2D eigenvalue weighted by Gasteiger charge is -2.24. The molecule has 1 aliphatic rings. The molecule has 3 rings (SSSR count). The summed E-state index contributed by atoms with van der Waals surface area (Å²) in [6.45, 7) is 2.22. The summed E-state index contributed by atoms with van der Waals surface area (Å²) < 4.78 is 0. The Bertz CT molecular complexity index is 564. The number of para-hydroxylation sites is 1. The van der Waals surface area contributed by atoms with Crippen molar-refractivity contribution in [1.29, 1.82) is 0 Å². The molecule has 2 aromatic rings.